The van der Waals surface area contributed by atoms with E-state index in [1.807, 2.05) is 60.7 Å². The molecule has 2 aromatic heterocycles. The Morgan fingerprint density at radius 3 is 2.33 bits per heavy atom. The predicted octanol–water partition coefficient (Wildman–Crippen LogP) is 3.89. The molecule has 2 N–H and O–H groups in total. The molecule has 0 aliphatic heterocycles. The van der Waals surface area contributed by atoms with E-state index < -0.39 is 5.91 Å². The predicted molar refractivity (Wildman–Crippen MR) is 103 cm³/mol. The Labute approximate surface area is 155 Å². The highest BCUT2D eigenvalue weighted by atomic mass is 16.3. The lowest BCUT2D eigenvalue weighted by Gasteiger charge is -2.06. The smallest absolute Gasteiger partial charge is 0.260 e. The van der Waals surface area contributed by atoms with Gasteiger partial charge in [0.2, 0.25) is 0 Å². The molecule has 6 heteroatoms. The molecule has 4 aromatic rings. The van der Waals surface area contributed by atoms with Gasteiger partial charge in [0.25, 0.3) is 5.91 Å². The first-order valence-corrected chi connectivity index (χ1v) is 8.38. The van der Waals surface area contributed by atoms with Crippen LogP contribution in [-0.4, -0.2) is 25.8 Å². The third kappa shape index (κ3) is 3.41. The van der Waals surface area contributed by atoms with Crippen molar-refractivity contribution in [1.82, 2.24) is 14.8 Å². The number of amides is 1. The van der Waals surface area contributed by atoms with Crippen molar-refractivity contribution in [2.75, 3.05) is 5.32 Å². The number of aromatic hydroxyl groups is 1. The van der Waals surface area contributed by atoms with Gasteiger partial charge in [-0.15, -0.1) is 0 Å². The van der Waals surface area contributed by atoms with Gasteiger partial charge in [0.15, 0.2) is 11.6 Å². The summed E-state index contributed by atoms with van der Waals surface area (Å²) in [7, 11) is 0. The van der Waals surface area contributed by atoms with E-state index >= 15 is 0 Å². The minimum atomic E-state index is -0.398. The van der Waals surface area contributed by atoms with E-state index in [1.54, 1.807) is 16.9 Å². The molecule has 0 saturated heterocycles. The lowest BCUT2D eigenvalue weighted by molar-refractivity contribution is 0.102. The number of nitrogens with zero attached hydrogens (tertiary/aromatic N) is 3. The first kappa shape index (κ1) is 16.5. The lowest BCUT2D eigenvalue weighted by atomic mass is 10.1. The summed E-state index contributed by atoms with van der Waals surface area (Å²) in [4.78, 5) is 16.9. The topological polar surface area (TPSA) is 80.0 Å². The number of anilines is 1. The zero-order valence-corrected chi connectivity index (χ0v) is 14.3. The highest BCUT2D eigenvalue weighted by molar-refractivity contribution is 6.08. The van der Waals surface area contributed by atoms with Crippen LogP contribution in [0, 0.1) is 0 Å². The van der Waals surface area contributed by atoms with E-state index in [0.29, 0.717) is 11.3 Å². The molecule has 0 spiro atoms. The second kappa shape index (κ2) is 7.13. The quantitative estimate of drug-likeness (QED) is 0.581. The van der Waals surface area contributed by atoms with E-state index in [0.717, 1.165) is 11.3 Å². The molecule has 0 unspecified atom stereocenters. The number of hydrogen-bond acceptors (Lipinski definition) is 4. The van der Waals surface area contributed by atoms with Crippen LogP contribution in [0.25, 0.3) is 16.9 Å². The fourth-order valence-corrected chi connectivity index (χ4v) is 2.73. The fraction of sp³-hybridized carbons (Fsp3) is 0. The van der Waals surface area contributed by atoms with Crippen molar-refractivity contribution in [3.63, 3.8) is 0 Å². The van der Waals surface area contributed by atoms with Crippen molar-refractivity contribution in [2.45, 2.75) is 0 Å². The normalized spacial score (nSPS) is 10.5. The number of carbonyl (C=O) groups excluding carboxylic acids is 1. The summed E-state index contributed by atoms with van der Waals surface area (Å²) in [5.74, 6) is -0.387. The van der Waals surface area contributed by atoms with Crippen LogP contribution in [0.1, 0.15) is 10.4 Å². The van der Waals surface area contributed by atoms with Crippen LogP contribution in [0.5, 0.6) is 5.75 Å². The largest absolute Gasteiger partial charge is 0.504 e. The SMILES string of the molecule is O=C(Nc1ncccc1O)c1cn(-c2ccccc2)nc1-c1ccccc1. The molecule has 27 heavy (non-hydrogen) atoms. The Balaban J connectivity index is 1.77. The second-order valence-electron chi connectivity index (χ2n) is 5.86. The zero-order chi connectivity index (χ0) is 18.6. The van der Waals surface area contributed by atoms with Crippen molar-refractivity contribution < 1.29 is 9.90 Å². The van der Waals surface area contributed by atoms with Gasteiger partial charge in [-0.2, -0.15) is 5.10 Å². The van der Waals surface area contributed by atoms with E-state index in [4.69, 9.17) is 0 Å². The molecule has 0 fully saturated rings. The number of rotatable bonds is 4. The van der Waals surface area contributed by atoms with Gasteiger partial charge in [-0.3, -0.25) is 4.79 Å². The van der Waals surface area contributed by atoms with Crippen LogP contribution in [0.4, 0.5) is 5.82 Å². The lowest BCUT2D eigenvalue weighted by Crippen LogP contribution is -2.13. The molecule has 4 rings (SSSR count). The van der Waals surface area contributed by atoms with Crippen LogP contribution in [0.2, 0.25) is 0 Å². The number of carbonyl (C=O) groups is 1. The van der Waals surface area contributed by atoms with Crippen LogP contribution < -0.4 is 5.32 Å². The Kier molecular flexibility index (Phi) is 4.37. The van der Waals surface area contributed by atoms with Gasteiger partial charge in [0.05, 0.1) is 11.3 Å². The van der Waals surface area contributed by atoms with Crippen LogP contribution in [-0.2, 0) is 0 Å². The van der Waals surface area contributed by atoms with Gasteiger partial charge in [0.1, 0.15) is 5.69 Å². The first-order valence-electron chi connectivity index (χ1n) is 8.38. The molecule has 0 aliphatic carbocycles. The maximum Gasteiger partial charge on any atom is 0.260 e. The maximum absolute atomic E-state index is 12.9. The van der Waals surface area contributed by atoms with E-state index in [2.05, 4.69) is 15.4 Å². The number of pyridine rings is 1. The van der Waals surface area contributed by atoms with Gasteiger partial charge in [-0.1, -0.05) is 48.5 Å². The molecule has 2 aromatic carbocycles. The molecule has 1 amide bonds. The summed E-state index contributed by atoms with van der Waals surface area (Å²) in [6, 6.07) is 22.1. The average molecular weight is 356 g/mol. The van der Waals surface area contributed by atoms with Crippen LogP contribution in [0.15, 0.2) is 85.2 Å². The third-order valence-electron chi connectivity index (χ3n) is 4.05. The highest BCUT2D eigenvalue weighted by Gasteiger charge is 2.20. The molecule has 6 nitrogen and oxygen atoms in total. The van der Waals surface area contributed by atoms with Crippen molar-refractivity contribution in [2.24, 2.45) is 0 Å². The van der Waals surface area contributed by atoms with Gasteiger partial charge in [-0.25, -0.2) is 9.67 Å². The number of para-hydroxylation sites is 1. The maximum atomic E-state index is 12.9. The van der Waals surface area contributed by atoms with E-state index in [1.165, 1.54) is 12.3 Å². The van der Waals surface area contributed by atoms with Crippen molar-refractivity contribution in [1.29, 1.82) is 0 Å². The monoisotopic (exact) mass is 356 g/mol. The second-order valence-corrected chi connectivity index (χ2v) is 5.86. The molecular weight excluding hydrogens is 340 g/mol. The van der Waals surface area contributed by atoms with Crippen molar-refractivity contribution in [3.8, 4) is 22.7 Å². The minimum Gasteiger partial charge on any atom is -0.504 e. The number of hydrogen-bond donors (Lipinski definition) is 2. The van der Waals surface area contributed by atoms with Crippen LogP contribution >= 0.6 is 0 Å². The van der Waals surface area contributed by atoms with Gasteiger partial charge < -0.3 is 10.4 Å². The highest BCUT2D eigenvalue weighted by Crippen LogP contribution is 2.26. The first-order chi connectivity index (χ1) is 13.2. The Morgan fingerprint density at radius 1 is 0.926 bits per heavy atom. The van der Waals surface area contributed by atoms with Gasteiger partial charge >= 0.3 is 0 Å². The molecular formula is C21H16N4O2. The summed E-state index contributed by atoms with van der Waals surface area (Å²) < 4.78 is 1.66. The zero-order valence-electron chi connectivity index (χ0n) is 14.3. The molecule has 0 bridgehead atoms. The van der Waals surface area contributed by atoms with Crippen molar-refractivity contribution >= 4 is 11.7 Å². The number of benzene rings is 2. The third-order valence-corrected chi connectivity index (χ3v) is 4.05. The minimum absolute atomic E-state index is 0.0948. The summed E-state index contributed by atoms with van der Waals surface area (Å²) >= 11 is 0. The number of aromatic nitrogens is 3. The molecule has 0 saturated carbocycles. The van der Waals surface area contributed by atoms with E-state index in [-0.39, 0.29) is 11.6 Å². The molecule has 2 heterocycles. The summed E-state index contributed by atoms with van der Waals surface area (Å²) in [5.41, 5.74) is 2.60. The summed E-state index contributed by atoms with van der Waals surface area (Å²) in [5, 5.41) is 17.1. The average Bonchev–Trinajstić information content (AvgIpc) is 3.17. The Morgan fingerprint density at radius 2 is 1.63 bits per heavy atom. The van der Waals surface area contributed by atoms with E-state index in [9.17, 15) is 9.90 Å². The summed E-state index contributed by atoms with van der Waals surface area (Å²) in [6.45, 7) is 0. The fourth-order valence-electron chi connectivity index (χ4n) is 2.73. The molecule has 0 radical (unpaired) electrons. The van der Waals surface area contributed by atoms with Gasteiger partial charge in [0, 0.05) is 18.0 Å². The van der Waals surface area contributed by atoms with Gasteiger partial charge in [-0.05, 0) is 24.3 Å². The molecule has 132 valence electrons. The summed E-state index contributed by atoms with van der Waals surface area (Å²) in [6.07, 6.45) is 3.17. The van der Waals surface area contributed by atoms with Crippen molar-refractivity contribution in [3.05, 3.63) is 90.8 Å². The van der Waals surface area contributed by atoms with Crippen LogP contribution in [0.3, 0.4) is 0 Å². The number of nitrogens with one attached hydrogen (secondary N) is 1. The standard InChI is InChI=1S/C21H16N4O2/c26-18-12-7-13-22-20(18)23-21(27)17-14-25(16-10-5-2-6-11-16)24-19(17)15-8-3-1-4-9-15/h1-14,26H,(H,22,23,27). The Hall–Kier alpha value is -3.93. The Bertz CT molecular complexity index is 1080. The molecule has 0 aliphatic rings. The molecule has 0 atom stereocenters.